The minimum atomic E-state index is 0.0633. The molecule has 2 rings (SSSR count). The number of ether oxygens (including phenoxy) is 1. The van der Waals surface area contributed by atoms with E-state index in [4.69, 9.17) is 4.74 Å². The van der Waals surface area contributed by atoms with Crippen LogP contribution in [0.25, 0.3) is 0 Å². The number of carbonyl (C=O) groups is 1. The number of hydrogen-bond acceptors (Lipinski definition) is 2. The Labute approximate surface area is 132 Å². The minimum absolute atomic E-state index is 0.0633. The van der Waals surface area contributed by atoms with E-state index >= 15 is 0 Å². The molecule has 1 unspecified atom stereocenters. The second-order valence-electron chi connectivity index (χ2n) is 5.26. The second kappa shape index (κ2) is 7.64. The average Bonchev–Trinajstić information content (AvgIpc) is 2.56. The Hall–Kier alpha value is -2.29. The van der Waals surface area contributed by atoms with Gasteiger partial charge in [0.05, 0.1) is 19.6 Å². The van der Waals surface area contributed by atoms with Crippen molar-refractivity contribution in [3.63, 3.8) is 0 Å². The van der Waals surface area contributed by atoms with Crippen LogP contribution in [-0.2, 0) is 11.2 Å². The van der Waals surface area contributed by atoms with Crippen LogP contribution < -0.4 is 4.74 Å². The molecule has 0 saturated heterocycles. The van der Waals surface area contributed by atoms with Crippen LogP contribution in [0.2, 0.25) is 0 Å². The standard InChI is InChI=1S/C19H23NO2/c1-4-20(15(2)16-10-6-5-7-11-16)19(21)14-17-12-8-9-13-18(17)22-3/h5-13,15H,4,14H2,1-3H3. The number of rotatable bonds is 6. The third-order valence-corrected chi connectivity index (χ3v) is 3.94. The molecule has 0 saturated carbocycles. The lowest BCUT2D eigenvalue weighted by molar-refractivity contribution is -0.132. The molecule has 0 N–H and O–H groups in total. The number of nitrogens with zero attached hydrogens (tertiary/aromatic N) is 1. The van der Waals surface area contributed by atoms with Gasteiger partial charge in [0.2, 0.25) is 5.91 Å². The van der Waals surface area contributed by atoms with Gasteiger partial charge in [0.15, 0.2) is 0 Å². The highest BCUT2D eigenvalue weighted by Crippen LogP contribution is 2.23. The molecule has 1 amide bonds. The van der Waals surface area contributed by atoms with Gasteiger partial charge in [-0.15, -0.1) is 0 Å². The first-order valence-electron chi connectivity index (χ1n) is 7.63. The fraction of sp³-hybridized carbons (Fsp3) is 0.316. The summed E-state index contributed by atoms with van der Waals surface area (Å²) in [5.41, 5.74) is 2.08. The summed E-state index contributed by atoms with van der Waals surface area (Å²) >= 11 is 0. The van der Waals surface area contributed by atoms with E-state index in [9.17, 15) is 4.79 Å². The first-order valence-corrected chi connectivity index (χ1v) is 7.63. The van der Waals surface area contributed by atoms with Crippen molar-refractivity contribution in [3.05, 3.63) is 65.7 Å². The van der Waals surface area contributed by atoms with Crippen molar-refractivity contribution in [1.82, 2.24) is 4.90 Å². The van der Waals surface area contributed by atoms with E-state index < -0.39 is 0 Å². The summed E-state index contributed by atoms with van der Waals surface area (Å²) in [5.74, 6) is 0.877. The van der Waals surface area contributed by atoms with Crippen LogP contribution in [-0.4, -0.2) is 24.5 Å². The monoisotopic (exact) mass is 297 g/mol. The van der Waals surface area contributed by atoms with Gasteiger partial charge in [-0.2, -0.15) is 0 Å². The summed E-state index contributed by atoms with van der Waals surface area (Å²) in [6.07, 6.45) is 0.356. The number of benzene rings is 2. The molecule has 0 aromatic heterocycles. The van der Waals surface area contributed by atoms with Crippen LogP contribution in [0.1, 0.15) is 31.0 Å². The smallest absolute Gasteiger partial charge is 0.227 e. The van der Waals surface area contributed by atoms with Crippen molar-refractivity contribution in [3.8, 4) is 5.75 Å². The Morgan fingerprint density at radius 1 is 1.09 bits per heavy atom. The zero-order chi connectivity index (χ0) is 15.9. The molecule has 22 heavy (non-hydrogen) atoms. The second-order valence-corrected chi connectivity index (χ2v) is 5.26. The summed E-state index contributed by atoms with van der Waals surface area (Å²) in [6.45, 7) is 4.77. The first kappa shape index (κ1) is 16.1. The zero-order valence-corrected chi connectivity index (χ0v) is 13.5. The SMILES string of the molecule is CCN(C(=O)Cc1ccccc1OC)C(C)c1ccccc1. The zero-order valence-electron chi connectivity index (χ0n) is 13.5. The predicted molar refractivity (Wildman–Crippen MR) is 88.9 cm³/mol. The number of hydrogen-bond donors (Lipinski definition) is 0. The minimum Gasteiger partial charge on any atom is -0.496 e. The Balaban J connectivity index is 2.15. The Bertz CT molecular complexity index is 610. The Kier molecular flexibility index (Phi) is 5.59. The lowest BCUT2D eigenvalue weighted by atomic mass is 10.0. The molecule has 0 radical (unpaired) electrons. The van der Waals surface area contributed by atoms with E-state index in [-0.39, 0.29) is 11.9 Å². The van der Waals surface area contributed by atoms with Gasteiger partial charge >= 0.3 is 0 Å². The van der Waals surface area contributed by atoms with Crippen LogP contribution in [0.4, 0.5) is 0 Å². The quantitative estimate of drug-likeness (QED) is 0.810. The van der Waals surface area contributed by atoms with Gasteiger partial charge < -0.3 is 9.64 Å². The van der Waals surface area contributed by atoms with E-state index in [1.165, 1.54) is 0 Å². The number of para-hydroxylation sites is 1. The maximum atomic E-state index is 12.7. The van der Waals surface area contributed by atoms with E-state index in [0.29, 0.717) is 13.0 Å². The van der Waals surface area contributed by atoms with Crippen LogP contribution in [0.3, 0.4) is 0 Å². The number of methoxy groups -OCH3 is 1. The normalized spacial score (nSPS) is 11.8. The first-order chi connectivity index (χ1) is 10.7. The van der Waals surface area contributed by atoms with Gasteiger partial charge in [-0.1, -0.05) is 48.5 Å². The largest absolute Gasteiger partial charge is 0.496 e. The number of carbonyl (C=O) groups excluding carboxylic acids is 1. The fourth-order valence-corrected chi connectivity index (χ4v) is 2.69. The van der Waals surface area contributed by atoms with Crippen molar-refractivity contribution >= 4 is 5.91 Å². The molecule has 0 aliphatic heterocycles. The summed E-state index contributed by atoms with van der Waals surface area (Å²) in [6, 6.07) is 17.9. The van der Waals surface area contributed by atoms with Gasteiger partial charge in [0, 0.05) is 12.1 Å². The third kappa shape index (κ3) is 3.67. The molecule has 0 aliphatic carbocycles. The highest BCUT2D eigenvalue weighted by Gasteiger charge is 2.20. The van der Waals surface area contributed by atoms with Crippen molar-refractivity contribution in [2.75, 3.05) is 13.7 Å². The molecule has 116 valence electrons. The van der Waals surface area contributed by atoms with Crippen molar-refractivity contribution < 1.29 is 9.53 Å². The molecule has 0 heterocycles. The van der Waals surface area contributed by atoms with Crippen molar-refractivity contribution in [2.45, 2.75) is 26.3 Å². The third-order valence-electron chi connectivity index (χ3n) is 3.94. The molecular formula is C19H23NO2. The summed E-state index contributed by atoms with van der Waals surface area (Å²) < 4.78 is 5.33. The van der Waals surface area contributed by atoms with Gasteiger partial charge in [0.1, 0.15) is 5.75 Å². The van der Waals surface area contributed by atoms with E-state index in [0.717, 1.165) is 16.9 Å². The summed E-state index contributed by atoms with van der Waals surface area (Å²) in [5, 5.41) is 0. The molecule has 1 atom stereocenters. The van der Waals surface area contributed by atoms with Gasteiger partial charge in [-0.05, 0) is 25.5 Å². The Morgan fingerprint density at radius 3 is 2.36 bits per heavy atom. The van der Waals surface area contributed by atoms with E-state index in [1.54, 1.807) is 7.11 Å². The maximum absolute atomic E-state index is 12.7. The van der Waals surface area contributed by atoms with Gasteiger partial charge in [-0.3, -0.25) is 4.79 Å². The van der Waals surface area contributed by atoms with Gasteiger partial charge in [-0.25, -0.2) is 0 Å². The van der Waals surface area contributed by atoms with Crippen LogP contribution in [0, 0.1) is 0 Å². The lowest BCUT2D eigenvalue weighted by Crippen LogP contribution is -2.34. The molecule has 0 fully saturated rings. The average molecular weight is 297 g/mol. The molecule has 0 aliphatic rings. The van der Waals surface area contributed by atoms with E-state index in [1.807, 2.05) is 54.3 Å². The number of amides is 1. The summed E-state index contributed by atoms with van der Waals surface area (Å²) in [7, 11) is 1.63. The molecule has 3 heteroatoms. The molecule has 3 nitrogen and oxygen atoms in total. The molecular weight excluding hydrogens is 274 g/mol. The molecule has 0 bridgehead atoms. The van der Waals surface area contributed by atoms with E-state index in [2.05, 4.69) is 19.1 Å². The topological polar surface area (TPSA) is 29.5 Å². The lowest BCUT2D eigenvalue weighted by Gasteiger charge is -2.28. The Morgan fingerprint density at radius 2 is 1.73 bits per heavy atom. The predicted octanol–water partition coefficient (Wildman–Crippen LogP) is 3.85. The number of likely N-dealkylation sites (N-methyl/N-ethyl adjacent to an activating group) is 1. The summed E-state index contributed by atoms with van der Waals surface area (Å²) in [4.78, 5) is 14.6. The van der Waals surface area contributed by atoms with Crippen LogP contribution in [0.15, 0.2) is 54.6 Å². The van der Waals surface area contributed by atoms with Crippen molar-refractivity contribution in [1.29, 1.82) is 0 Å². The highest BCUT2D eigenvalue weighted by molar-refractivity contribution is 5.80. The molecule has 0 spiro atoms. The van der Waals surface area contributed by atoms with Crippen LogP contribution >= 0.6 is 0 Å². The molecule has 2 aromatic carbocycles. The van der Waals surface area contributed by atoms with Crippen molar-refractivity contribution in [2.24, 2.45) is 0 Å². The van der Waals surface area contributed by atoms with Crippen LogP contribution in [0.5, 0.6) is 5.75 Å². The maximum Gasteiger partial charge on any atom is 0.227 e. The highest BCUT2D eigenvalue weighted by atomic mass is 16.5. The van der Waals surface area contributed by atoms with Gasteiger partial charge in [0.25, 0.3) is 0 Å². The molecule has 2 aromatic rings. The fourth-order valence-electron chi connectivity index (χ4n) is 2.69.